The van der Waals surface area contributed by atoms with Crippen molar-refractivity contribution in [2.75, 3.05) is 18.8 Å². The van der Waals surface area contributed by atoms with Gasteiger partial charge in [0.2, 0.25) is 6.08 Å². The van der Waals surface area contributed by atoms with Crippen molar-refractivity contribution in [3.8, 4) is 0 Å². The molecule has 0 N–H and O–H groups in total. The Morgan fingerprint density at radius 1 is 1.62 bits per heavy atom. The molecule has 0 amide bonds. The second-order valence-corrected chi connectivity index (χ2v) is 4.50. The Hall–Kier alpha value is -1.19. The summed E-state index contributed by atoms with van der Waals surface area (Å²) in [5.74, 6) is 0.812. The van der Waals surface area contributed by atoms with Gasteiger partial charge in [-0.3, -0.25) is 0 Å². The zero-order valence-corrected chi connectivity index (χ0v) is 10.3. The Balaban J connectivity index is 2.44. The van der Waals surface area contributed by atoms with E-state index in [1.807, 2.05) is 12.4 Å². The second-order valence-electron chi connectivity index (χ2n) is 3.34. The van der Waals surface area contributed by atoms with Gasteiger partial charge in [-0.1, -0.05) is 13.5 Å². The molecular formula is C11H17N3OS. The highest BCUT2D eigenvalue weighted by atomic mass is 32.2. The smallest absolute Gasteiger partial charge is 0.234 e. The molecule has 1 aliphatic heterocycles. The molecule has 88 valence electrons. The van der Waals surface area contributed by atoms with Gasteiger partial charge in [-0.2, -0.15) is 0 Å². The lowest BCUT2D eigenvalue weighted by Gasteiger charge is -2.29. The summed E-state index contributed by atoms with van der Waals surface area (Å²) >= 11 is 1.75. The summed E-state index contributed by atoms with van der Waals surface area (Å²) in [6.45, 7) is 7.48. The van der Waals surface area contributed by atoms with Gasteiger partial charge in [0.15, 0.2) is 5.50 Å². The topological polar surface area (TPSA) is 35.9 Å². The predicted octanol–water partition coefficient (Wildman–Crippen LogP) is 1.98. The van der Waals surface area contributed by atoms with Gasteiger partial charge in [-0.25, -0.2) is 9.79 Å². The number of rotatable bonds is 7. The maximum atomic E-state index is 9.94. The number of hydrogen-bond acceptors (Lipinski definition) is 5. The summed E-state index contributed by atoms with van der Waals surface area (Å²) in [7, 11) is 0. The number of carbonyl (C=O) groups excluding carboxylic acids is 1. The molecule has 1 atom stereocenters. The van der Waals surface area contributed by atoms with Crippen molar-refractivity contribution in [3.05, 3.63) is 25.2 Å². The third-order valence-corrected chi connectivity index (χ3v) is 3.43. The number of aliphatic imine (C=N–C) groups is 1. The standard InChI is InChI=1S/C11H17N3OS/c1-3-6-14-8-7-13(4-2)11(14)16-9-5-12-10-15/h4,7-8,11H,2-3,5-6,9H2,1H3. The molecule has 0 radical (unpaired) electrons. The van der Waals surface area contributed by atoms with Crippen LogP contribution in [0.1, 0.15) is 13.3 Å². The van der Waals surface area contributed by atoms with Crippen LogP contribution >= 0.6 is 11.8 Å². The van der Waals surface area contributed by atoms with E-state index in [1.54, 1.807) is 17.8 Å². The maximum absolute atomic E-state index is 9.94. The summed E-state index contributed by atoms with van der Waals surface area (Å²) in [5.41, 5.74) is 0.249. The molecule has 0 aromatic heterocycles. The lowest BCUT2D eigenvalue weighted by molar-refractivity contribution is 0.281. The number of hydrogen-bond donors (Lipinski definition) is 0. The van der Waals surface area contributed by atoms with Crippen molar-refractivity contribution >= 4 is 17.8 Å². The molecule has 0 fully saturated rings. The van der Waals surface area contributed by atoms with E-state index < -0.39 is 0 Å². The molecule has 0 aromatic carbocycles. The Bertz CT molecular complexity index is 300. The molecule has 0 saturated carbocycles. The second kappa shape index (κ2) is 7.14. The molecule has 1 rings (SSSR count). The van der Waals surface area contributed by atoms with Crippen molar-refractivity contribution in [2.45, 2.75) is 18.8 Å². The number of thioether (sulfide) groups is 1. The zero-order valence-electron chi connectivity index (χ0n) is 9.50. The van der Waals surface area contributed by atoms with Crippen molar-refractivity contribution in [1.82, 2.24) is 9.80 Å². The Morgan fingerprint density at radius 2 is 2.44 bits per heavy atom. The fourth-order valence-corrected chi connectivity index (χ4v) is 2.61. The molecule has 4 nitrogen and oxygen atoms in total. The van der Waals surface area contributed by atoms with Crippen LogP contribution < -0.4 is 0 Å². The van der Waals surface area contributed by atoms with Crippen LogP contribution in [0.5, 0.6) is 0 Å². The monoisotopic (exact) mass is 239 g/mol. The van der Waals surface area contributed by atoms with Gasteiger partial charge in [0.1, 0.15) is 0 Å². The highest BCUT2D eigenvalue weighted by Gasteiger charge is 2.23. The van der Waals surface area contributed by atoms with Crippen LogP contribution in [-0.4, -0.2) is 40.2 Å². The first-order valence-corrected chi connectivity index (χ1v) is 6.37. The Labute approximate surface area is 101 Å². The third kappa shape index (κ3) is 3.43. The number of isocyanates is 1. The van der Waals surface area contributed by atoms with Gasteiger partial charge >= 0.3 is 0 Å². The lowest BCUT2D eigenvalue weighted by Crippen LogP contribution is -2.33. The predicted molar refractivity (Wildman–Crippen MR) is 67.4 cm³/mol. The third-order valence-electron chi connectivity index (χ3n) is 2.20. The molecule has 0 aliphatic carbocycles. The van der Waals surface area contributed by atoms with Gasteiger partial charge in [0.05, 0.1) is 6.54 Å². The molecule has 0 aromatic rings. The SMILES string of the molecule is C=CN1C=CN(CCC)C1SCCN=C=O. The first-order chi connectivity index (χ1) is 7.83. The van der Waals surface area contributed by atoms with Gasteiger partial charge < -0.3 is 9.80 Å². The van der Waals surface area contributed by atoms with E-state index >= 15 is 0 Å². The average molecular weight is 239 g/mol. The van der Waals surface area contributed by atoms with Crippen LogP contribution in [0.3, 0.4) is 0 Å². The zero-order chi connectivity index (χ0) is 11.8. The van der Waals surface area contributed by atoms with E-state index in [-0.39, 0.29) is 5.50 Å². The van der Waals surface area contributed by atoms with E-state index in [0.717, 1.165) is 18.7 Å². The minimum absolute atomic E-state index is 0.249. The van der Waals surface area contributed by atoms with Crippen LogP contribution in [0.25, 0.3) is 0 Å². The fraction of sp³-hybridized carbons (Fsp3) is 0.545. The van der Waals surface area contributed by atoms with E-state index in [1.165, 1.54) is 0 Å². The maximum Gasteiger partial charge on any atom is 0.234 e. The number of nitrogens with zero attached hydrogens (tertiary/aromatic N) is 3. The largest absolute Gasteiger partial charge is 0.347 e. The van der Waals surface area contributed by atoms with Gasteiger partial charge in [0, 0.05) is 24.7 Å². The summed E-state index contributed by atoms with van der Waals surface area (Å²) in [6, 6.07) is 0. The molecule has 1 aliphatic rings. The van der Waals surface area contributed by atoms with Gasteiger partial charge in [-0.15, -0.1) is 11.8 Å². The van der Waals surface area contributed by atoms with Crippen LogP contribution in [0, 0.1) is 0 Å². The minimum atomic E-state index is 0.249. The minimum Gasteiger partial charge on any atom is -0.347 e. The van der Waals surface area contributed by atoms with Crippen LogP contribution in [0.15, 0.2) is 30.2 Å². The summed E-state index contributed by atoms with van der Waals surface area (Å²) < 4.78 is 0. The highest BCUT2D eigenvalue weighted by molar-refractivity contribution is 7.99. The lowest BCUT2D eigenvalue weighted by atomic mass is 10.4. The summed E-state index contributed by atoms with van der Waals surface area (Å²) in [6.07, 6.45) is 8.57. The molecule has 0 bridgehead atoms. The molecule has 1 heterocycles. The van der Waals surface area contributed by atoms with E-state index in [9.17, 15) is 4.79 Å². The van der Waals surface area contributed by atoms with Gasteiger partial charge in [-0.05, 0) is 12.6 Å². The molecule has 5 heteroatoms. The van der Waals surface area contributed by atoms with Gasteiger partial charge in [0.25, 0.3) is 0 Å². The molecule has 1 unspecified atom stereocenters. The van der Waals surface area contributed by atoms with Crippen LogP contribution in [0.4, 0.5) is 0 Å². The van der Waals surface area contributed by atoms with Crippen LogP contribution in [-0.2, 0) is 4.79 Å². The van der Waals surface area contributed by atoms with Crippen molar-refractivity contribution in [2.24, 2.45) is 4.99 Å². The van der Waals surface area contributed by atoms with E-state index in [0.29, 0.717) is 6.54 Å². The first-order valence-electron chi connectivity index (χ1n) is 5.32. The first kappa shape index (κ1) is 12.9. The fourth-order valence-electron chi connectivity index (χ4n) is 1.51. The highest BCUT2D eigenvalue weighted by Crippen LogP contribution is 2.26. The quantitative estimate of drug-likeness (QED) is 0.387. The van der Waals surface area contributed by atoms with Crippen molar-refractivity contribution in [1.29, 1.82) is 0 Å². The van der Waals surface area contributed by atoms with Crippen molar-refractivity contribution in [3.63, 3.8) is 0 Å². The molecule has 0 spiro atoms. The Morgan fingerprint density at radius 3 is 3.06 bits per heavy atom. The summed E-state index contributed by atoms with van der Waals surface area (Å²) in [4.78, 5) is 17.8. The van der Waals surface area contributed by atoms with Crippen LogP contribution in [0.2, 0.25) is 0 Å². The molecule has 0 saturated heterocycles. The molecular weight excluding hydrogens is 222 g/mol. The van der Waals surface area contributed by atoms with E-state index in [4.69, 9.17) is 0 Å². The summed E-state index contributed by atoms with van der Waals surface area (Å²) in [5, 5.41) is 0. The normalized spacial score (nSPS) is 18.7. The average Bonchev–Trinajstić information content (AvgIpc) is 2.68. The Kier molecular flexibility index (Phi) is 5.75. The van der Waals surface area contributed by atoms with E-state index in [2.05, 4.69) is 34.5 Å². The van der Waals surface area contributed by atoms with Crippen molar-refractivity contribution < 1.29 is 4.79 Å². The molecule has 16 heavy (non-hydrogen) atoms.